The maximum atomic E-state index is 12.0. The Balaban J connectivity index is 1.67. The predicted octanol–water partition coefficient (Wildman–Crippen LogP) is 4.45. The first-order valence-electron chi connectivity index (χ1n) is 9.59. The van der Waals surface area contributed by atoms with Gasteiger partial charge in [0.15, 0.2) is 11.0 Å². The van der Waals surface area contributed by atoms with Gasteiger partial charge in [0.1, 0.15) is 12.3 Å². The number of nitrogens with zero attached hydrogens (tertiary/aromatic N) is 3. The Morgan fingerprint density at radius 3 is 3.07 bits per heavy atom. The number of aryl methyl sites for hydroxylation is 1. The van der Waals surface area contributed by atoms with Gasteiger partial charge >= 0.3 is 0 Å². The van der Waals surface area contributed by atoms with E-state index in [2.05, 4.69) is 20.3 Å². The van der Waals surface area contributed by atoms with Crippen molar-refractivity contribution in [1.29, 1.82) is 0 Å². The molecule has 1 N–H and O–H groups in total. The smallest absolute Gasteiger partial charge is 0.247 e. The molecule has 0 saturated carbocycles. The number of hydrogen-bond acceptors (Lipinski definition) is 7. The van der Waals surface area contributed by atoms with Gasteiger partial charge in [-0.2, -0.15) is 0 Å². The first-order chi connectivity index (χ1) is 14.5. The maximum absolute atomic E-state index is 12.0. The molecule has 9 heteroatoms. The second kappa shape index (κ2) is 11.0. The highest BCUT2D eigenvalue weighted by atomic mass is 35.5. The number of ether oxygens (including phenoxy) is 1. The average Bonchev–Trinajstić information content (AvgIpc) is 2.89. The second-order valence-electron chi connectivity index (χ2n) is 6.37. The highest BCUT2D eigenvalue weighted by molar-refractivity contribution is 8.14. The third-order valence-electron chi connectivity index (χ3n) is 4.04. The van der Waals surface area contributed by atoms with Gasteiger partial charge in [-0.25, -0.2) is 9.98 Å². The molecule has 2 aliphatic rings. The van der Waals surface area contributed by atoms with E-state index < -0.39 is 0 Å². The molecule has 0 atom stereocenters. The first-order valence-corrected chi connectivity index (χ1v) is 10.8. The molecule has 0 spiro atoms. The second-order valence-corrected chi connectivity index (χ2v) is 7.84. The summed E-state index contributed by atoms with van der Waals surface area (Å²) in [5.74, 6) is 0.858. The van der Waals surface area contributed by atoms with Gasteiger partial charge in [-0.3, -0.25) is 9.79 Å². The number of allylic oxidation sites excluding steroid dienone is 4. The Bertz CT molecular complexity index is 973. The summed E-state index contributed by atoms with van der Waals surface area (Å²) >= 11 is 7.44. The minimum atomic E-state index is -0.101. The van der Waals surface area contributed by atoms with E-state index in [1.54, 1.807) is 25.3 Å². The Morgan fingerprint density at radius 1 is 1.37 bits per heavy atom. The molecule has 0 bridgehead atoms. The van der Waals surface area contributed by atoms with Gasteiger partial charge < -0.3 is 14.5 Å². The number of likely N-dealkylation sites (N-methyl/N-ethyl adjacent to an activating group) is 1. The van der Waals surface area contributed by atoms with E-state index in [-0.39, 0.29) is 12.5 Å². The number of aliphatic imine (C=N–C) groups is 2. The van der Waals surface area contributed by atoms with Crippen LogP contribution in [0.1, 0.15) is 31.4 Å². The highest BCUT2D eigenvalue weighted by Crippen LogP contribution is 2.28. The van der Waals surface area contributed by atoms with Gasteiger partial charge in [0.2, 0.25) is 11.8 Å². The van der Waals surface area contributed by atoms with Crippen molar-refractivity contribution in [2.75, 3.05) is 13.1 Å². The Hall–Kier alpha value is -2.58. The lowest BCUT2D eigenvalue weighted by Gasteiger charge is -2.05. The van der Waals surface area contributed by atoms with Crippen LogP contribution in [0.25, 0.3) is 0 Å². The molecule has 0 radical (unpaired) electrons. The zero-order valence-corrected chi connectivity index (χ0v) is 18.4. The number of carbonyl (C=O) groups is 1. The molecule has 158 valence electrons. The Labute approximate surface area is 184 Å². The van der Waals surface area contributed by atoms with Crippen molar-refractivity contribution < 1.29 is 13.9 Å². The van der Waals surface area contributed by atoms with E-state index in [0.29, 0.717) is 54.1 Å². The van der Waals surface area contributed by atoms with Gasteiger partial charge in [-0.15, -0.1) is 0 Å². The molecule has 0 aromatic carbocycles. The number of amides is 1. The van der Waals surface area contributed by atoms with Crippen LogP contribution in [0.15, 0.2) is 66.4 Å². The lowest BCUT2D eigenvalue weighted by Crippen LogP contribution is -2.24. The van der Waals surface area contributed by atoms with Crippen LogP contribution in [0.5, 0.6) is 0 Å². The molecule has 0 saturated heterocycles. The number of halogens is 1. The molecule has 7 nitrogen and oxygen atoms in total. The number of aromatic nitrogens is 1. The van der Waals surface area contributed by atoms with Gasteiger partial charge in [0, 0.05) is 49.2 Å². The lowest BCUT2D eigenvalue weighted by molar-refractivity contribution is -0.117. The van der Waals surface area contributed by atoms with Crippen molar-refractivity contribution in [3.05, 3.63) is 58.5 Å². The van der Waals surface area contributed by atoms with Gasteiger partial charge in [-0.05, 0) is 36.9 Å². The third-order valence-corrected chi connectivity index (χ3v) is 5.33. The van der Waals surface area contributed by atoms with E-state index in [4.69, 9.17) is 20.8 Å². The molecule has 0 aliphatic carbocycles. The standard InChI is InChI=1S/C21H23ClN4O3S/c1-3-23-20(27)15-7-8-18(24-11-9-15)28-13-17-21(29-14(2)26-17)30-19-6-4-5-16(22)10-12-25-19/h4,6-8,10-11H,3,5,9,12-13H2,1-2H3,(H,23,27)/b6-4-,16-10+,25-19+. The van der Waals surface area contributed by atoms with Crippen LogP contribution in [0.3, 0.4) is 0 Å². The number of thioether (sulfide) groups is 1. The zero-order valence-electron chi connectivity index (χ0n) is 16.9. The summed E-state index contributed by atoms with van der Waals surface area (Å²) < 4.78 is 11.5. The van der Waals surface area contributed by atoms with Crippen LogP contribution in [0, 0.1) is 6.92 Å². The molecular weight excluding hydrogens is 424 g/mol. The fraction of sp³-hybridized carbons (Fsp3) is 0.333. The number of hydrogen-bond donors (Lipinski definition) is 1. The van der Waals surface area contributed by atoms with Crippen molar-refractivity contribution in [3.8, 4) is 0 Å². The van der Waals surface area contributed by atoms with Gasteiger partial charge in [0.05, 0.1) is 11.6 Å². The van der Waals surface area contributed by atoms with E-state index in [9.17, 15) is 4.79 Å². The normalized spacial score (nSPS) is 21.0. The summed E-state index contributed by atoms with van der Waals surface area (Å²) in [6.07, 6.45) is 12.0. The number of rotatable bonds is 6. The molecular formula is C21H23ClN4O3S. The maximum Gasteiger partial charge on any atom is 0.247 e. The fourth-order valence-corrected chi connectivity index (χ4v) is 3.65. The molecule has 1 amide bonds. The monoisotopic (exact) mass is 446 g/mol. The summed E-state index contributed by atoms with van der Waals surface area (Å²) in [5.41, 5.74) is 1.30. The van der Waals surface area contributed by atoms with E-state index in [1.807, 2.05) is 25.2 Å². The van der Waals surface area contributed by atoms with E-state index in [1.165, 1.54) is 11.8 Å². The minimum Gasteiger partial charge on any atom is -0.471 e. The molecule has 1 aromatic rings. The Kier molecular flexibility index (Phi) is 8.10. The fourth-order valence-electron chi connectivity index (χ4n) is 2.61. The summed E-state index contributed by atoms with van der Waals surface area (Å²) in [4.78, 5) is 25.2. The topological polar surface area (TPSA) is 89.1 Å². The van der Waals surface area contributed by atoms with Crippen LogP contribution >= 0.6 is 23.4 Å². The third kappa shape index (κ3) is 6.47. The van der Waals surface area contributed by atoms with Crippen LogP contribution in [-0.4, -0.2) is 35.2 Å². The Morgan fingerprint density at radius 2 is 2.23 bits per heavy atom. The lowest BCUT2D eigenvalue weighted by atomic mass is 10.2. The molecule has 2 aliphatic heterocycles. The summed E-state index contributed by atoms with van der Waals surface area (Å²) in [5, 5.41) is 5.01. The van der Waals surface area contributed by atoms with Crippen LogP contribution in [-0.2, 0) is 16.1 Å². The van der Waals surface area contributed by atoms with Crippen molar-refractivity contribution in [1.82, 2.24) is 10.3 Å². The van der Waals surface area contributed by atoms with Crippen molar-refractivity contribution in [3.63, 3.8) is 0 Å². The van der Waals surface area contributed by atoms with Gasteiger partial charge in [-0.1, -0.05) is 17.7 Å². The molecule has 30 heavy (non-hydrogen) atoms. The first kappa shape index (κ1) is 22.1. The summed E-state index contributed by atoms with van der Waals surface area (Å²) in [6, 6.07) is 0. The van der Waals surface area contributed by atoms with E-state index in [0.717, 1.165) is 10.1 Å². The van der Waals surface area contributed by atoms with Crippen LogP contribution in [0.4, 0.5) is 0 Å². The molecule has 1 aromatic heterocycles. The predicted molar refractivity (Wildman–Crippen MR) is 120 cm³/mol. The largest absolute Gasteiger partial charge is 0.471 e. The molecule has 3 heterocycles. The number of oxazole rings is 1. The zero-order chi connectivity index (χ0) is 21.3. The van der Waals surface area contributed by atoms with Crippen molar-refractivity contribution in [2.24, 2.45) is 9.98 Å². The van der Waals surface area contributed by atoms with Crippen molar-refractivity contribution >= 4 is 40.5 Å². The van der Waals surface area contributed by atoms with Crippen LogP contribution < -0.4 is 5.32 Å². The molecule has 3 rings (SSSR count). The molecule has 0 fully saturated rings. The van der Waals surface area contributed by atoms with Gasteiger partial charge in [0.25, 0.3) is 0 Å². The minimum absolute atomic E-state index is 0.101. The quantitative estimate of drug-likeness (QED) is 0.697. The average molecular weight is 447 g/mol. The summed E-state index contributed by atoms with van der Waals surface area (Å²) in [6.45, 7) is 4.96. The molecule has 0 unspecified atom stereocenters. The SMILES string of the molecule is CCNC(=O)C1=CC=C(OCc2nc(C)oc2SC2=N/C/C=C(/Cl)C/C=C\2)N=CC1. The van der Waals surface area contributed by atoms with Crippen molar-refractivity contribution in [2.45, 2.75) is 38.4 Å². The number of nitrogens with one attached hydrogen (secondary N) is 1. The summed E-state index contributed by atoms with van der Waals surface area (Å²) in [7, 11) is 0. The van der Waals surface area contributed by atoms with Crippen LogP contribution in [0.2, 0.25) is 0 Å². The number of carbonyl (C=O) groups excluding carboxylic acids is 1. The van der Waals surface area contributed by atoms with E-state index >= 15 is 0 Å². The highest BCUT2D eigenvalue weighted by Gasteiger charge is 2.16.